The van der Waals surface area contributed by atoms with Gasteiger partial charge in [-0.05, 0) is 24.3 Å². The Labute approximate surface area is 155 Å². The summed E-state index contributed by atoms with van der Waals surface area (Å²) in [5.41, 5.74) is 1.88. The summed E-state index contributed by atoms with van der Waals surface area (Å²) in [5.74, 6) is 0.725. The topological polar surface area (TPSA) is 75.2 Å². The average Bonchev–Trinajstić information content (AvgIpc) is 3.11. The quantitative estimate of drug-likeness (QED) is 0.820. The van der Waals surface area contributed by atoms with E-state index in [9.17, 15) is 9.90 Å². The molecule has 0 amide bonds. The highest BCUT2D eigenvalue weighted by atomic mass is 35.5. The Bertz CT molecular complexity index is 770. The number of ether oxygens (including phenoxy) is 2. The lowest BCUT2D eigenvalue weighted by Gasteiger charge is -2.15. The molecule has 0 saturated carbocycles. The van der Waals surface area contributed by atoms with E-state index in [4.69, 9.17) is 21.1 Å². The Balaban J connectivity index is 1.72. The maximum Gasteiger partial charge on any atom is 0.161 e. The van der Waals surface area contributed by atoms with Crippen LogP contribution in [0.4, 0.5) is 0 Å². The standard InChI is InChI=1S/C18H18ClNO4S/c1-23-16-8-11(17-20-14(10-25-17)18(21)22)6-7-15(16)24-9-12-4-2-3-5-13(12)19/h2-8,14,17,20H,9-10H2,1H3,(H,21,22). The van der Waals surface area contributed by atoms with Crippen LogP contribution in [0.15, 0.2) is 42.5 Å². The minimum atomic E-state index is -1.03. The fourth-order valence-electron chi connectivity index (χ4n) is 2.63. The highest BCUT2D eigenvalue weighted by Gasteiger charge is 2.31. The molecule has 0 bridgehead atoms. The van der Waals surface area contributed by atoms with E-state index in [1.165, 1.54) is 0 Å². The number of rotatable bonds is 6. The van der Waals surface area contributed by atoms with Crippen molar-refractivity contribution in [2.45, 2.75) is 18.0 Å². The van der Waals surface area contributed by atoms with Crippen LogP contribution in [0.25, 0.3) is 0 Å². The molecular weight excluding hydrogens is 362 g/mol. The van der Waals surface area contributed by atoms with Gasteiger partial charge in [0, 0.05) is 16.1 Å². The van der Waals surface area contributed by atoms with Crippen molar-refractivity contribution < 1.29 is 24.7 Å². The zero-order valence-electron chi connectivity index (χ0n) is 13.6. The molecule has 1 aliphatic heterocycles. The van der Waals surface area contributed by atoms with E-state index in [2.05, 4.69) is 0 Å². The molecule has 25 heavy (non-hydrogen) atoms. The van der Waals surface area contributed by atoms with Gasteiger partial charge in [0.25, 0.3) is 0 Å². The molecular formula is C18H18ClNO4S. The largest absolute Gasteiger partial charge is 0.544 e. The van der Waals surface area contributed by atoms with Crippen molar-refractivity contribution in [2.75, 3.05) is 12.9 Å². The lowest BCUT2D eigenvalue weighted by Crippen LogP contribution is -2.90. The number of carbonyl (C=O) groups excluding carboxylic acids is 1. The highest BCUT2D eigenvalue weighted by molar-refractivity contribution is 7.99. The molecule has 1 saturated heterocycles. The van der Waals surface area contributed by atoms with Gasteiger partial charge in [0.1, 0.15) is 18.6 Å². The zero-order chi connectivity index (χ0) is 17.8. The molecule has 5 nitrogen and oxygen atoms in total. The van der Waals surface area contributed by atoms with Gasteiger partial charge in [-0.1, -0.05) is 41.6 Å². The molecule has 2 N–H and O–H groups in total. The van der Waals surface area contributed by atoms with Crippen LogP contribution in [0.2, 0.25) is 5.02 Å². The fourth-order valence-corrected chi connectivity index (χ4v) is 4.13. The number of hydrogen-bond acceptors (Lipinski definition) is 5. The summed E-state index contributed by atoms with van der Waals surface area (Å²) in [6.07, 6.45) is 0. The van der Waals surface area contributed by atoms with Crippen LogP contribution in [-0.4, -0.2) is 24.9 Å². The maximum atomic E-state index is 11.0. The monoisotopic (exact) mass is 379 g/mol. The first kappa shape index (κ1) is 17.9. The number of thioether (sulfide) groups is 1. The first-order valence-corrected chi connectivity index (χ1v) is 9.22. The first-order valence-electron chi connectivity index (χ1n) is 7.80. The molecule has 2 unspecified atom stereocenters. The number of carbonyl (C=O) groups is 1. The van der Waals surface area contributed by atoms with Gasteiger partial charge in [0.2, 0.25) is 0 Å². The number of quaternary nitrogens is 1. The van der Waals surface area contributed by atoms with E-state index < -0.39 is 12.0 Å². The molecule has 1 heterocycles. The summed E-state index contributed by atoms with van der Waals surface area (Å²) < 4.78 is 11.3. The first-order chi connectivity index (χ1) is 12.1. The Morgan fingerprint density at radius 1 is 1.32 bits per heavy atom. The molecule has 2 aromatic carbocycles. The third kappa shape index (κ3) is 4.21. The summed E-state index contributed by atoms with van der Waals surface area (Å²) in [5, 5.41) is 13.5. The number of benzene rings is 2. The van der Waals surface area contributed by atoms with Crippen LogP contribution in [0.1, 0.15) is 16.5 Å². The zero-order valence-corrected chi connectivity index (χ0v) is 15.2. The Morgan fingerprint density at radius 3 is 2.80 bits per heavy atom. The van der Waals surface area contributed by atoms with Gasteiger partial charge in [-0.3, -0.25) is 0 Å². The molecule has 7 heteroatoms. The molecule has 0 aliphatic carbocycles. The fraction of sp³-hybridized carbons (Fsp3) is 0.278. The van der Waals surface area contributed by atoms with Gasteiger partial charge in [-0.15, -0.1) is 0 Å². The lowest BCUT2D eigenvalue weighted by molar-refractivity contribution is -0.690. The van der Waals surface area contributed by atoms with Crippen LogP contribution in [0, 0.1) is 0 Å². The summed E-state index contributed by atoms with van der Waals surface area (Å²) in [6.45, 7) is 0.340. The van der Waals surface area contributed by atoms with E-state index >= 15 is 0 Å². The van der Waals surface area contributed by atoms with E-state index in [1.54, 1.807) is 24.2 Å². The predicted molar refractivity (Wildman–Crippen MR) is 94.7 cm³/mol. The third-order valence-corrected chi connectivity index (χ3v) is 5.73. The van der Waals surface area contributed by atoms with Gasteiger partial charge in [-0.25, -0.2) is 0 Å². The summed E-state index contributed by atoms with van der Waals surface area (Å²) in [4.78, 5) is 11.0. The van der Waals surface area contributed by atoms with Crippen molar-refractivity contribution in [2.24, 2.45) is 0 Å². The minimum Gasteiger partial charge on any atom is -0.544 e. The molecule has 0 radical (unpaired) electrons. The van der Waals surface area contributed by atoms with E-state index in [0.29, 0.717) is 28.9 Å². The van der Waals surface area contributed by atoms with Crippen molar-refractivity contribution in [3.05, 3.63) is 58.6 Å². The summed E-state index contributed by atoms with van der Waals surface area (Å²) in [7, 11) is 1.58. The van der Waals surface area contributed by atoms with Gasteiger partial charge < -0.3 is 24.7 Å². The van der Waals surface area contributed by atoms with Gasteiger partial charge >= 0.3 is 0 Å². The third-order valence-electron chi connectivity index (χ3n) is 4.02. The number of halogens is 1. The van der Waals surface area contributed by atoms with Crippen LogP contribution >= 0.6 is 23.4 Å². The van der Waals surface area contributed by atoms with Gasteiger partial charge in [0.05, 0.1) is 12.9 Å². The number of hydrogen-bond donors (Lipinski definition) is 1. The van der Waals surface area contributed by atoms with Crippen molar-refractivity contribution in [3.8, 4) is 11.5 Å². The minimum absolute atomic E-state index is 0.00872. The maximum absolute atomic E-state index is 11.0. The number of methoxy groups -OCH3 is 1. The second-order valence-corrected chi connectivity index (χ2v) is 7.24. The second kappa shape index (κ2) is 7.99. The Hall–Kier alpha value is -1.89. The Kier molecular flexibility index (Phi) is 5.73. The van der Waals surface area contributed by atoms with E-state index in [-0.39, 0.29) is 5.37 Å². The average molecular weight is 380 g/mol. The number of carboxylic acids is 1. The normalized spacial score (nSPS) is 19.6. The van der Waals surface area contributed by atoms with Crippen LogP contribution in [0.5, 0.6) is 11.5 Å². The van der Waals surface area contributed by atoms with Crippen molar-refractivity contribution in [3.63, 3.8) is 0 Å². The van der Waals surface area contributed by atoms with Crippen LogP contribution < -0.4 is 19.9 Å². The van der Waals surface area contributed by atoms with E-state index in [0.717, 1.165) is 11.1 Å². The smallest absolute Gasteiger partial charge is 0.161 e. The molecule has 2 atom stereocenters. The molecule has 0 aromatic heterocycles. The van der Waals surface area contributed by atoms with E-state index in [1.807, 2.05) is 42.5 Å². The lowest BCUT2D eigenvalue weighted by atomic mass is 10.2. The molecule has 132 valence electrons. The van der Waals surface area contributed by atoms with Crippen LogP contribution in [-0.2, 0) is 11.4 Å². The number of carboxylic acid groups (broad SMARTS) is 1. The van der Waals surface area contributed by atoms with Crippen molar-refractivity contribution >= 4 is 29.3 Å². The van der Waals surface area contributed by atoms with Gasteiger partial charge in [-0.2, -0.15) is 0 Å². The molecule has 0 spiro atoms. The SMILES string of the molecule is COc1cc(C2[NH2+]C(C(=O)[O-])CS2)ccc1OCc1ccccc1Cl. The van der Waals surface area contributed by atoms with Crippen molar-refractivity contribution in [1.82, 2.24) is 0 Å². The summed E-state index contributed by atoms with van der Waals surface area (Å²) in [6, 6.07) is 12.6. The molecule has 1 fully saturated rings. The number of aliphatic carboxylic acids is 1. The Morgan fingerprint density at radius 2 is 2.12 bits per heavy atom. The molecule has 1 aliphatic rings. The molecule has 3 rings (SSSR count). The highest BCUT2D eigenvalue weighted by Crippen LogP contribution is 2.34. The predicted octanol–water partition coefficient (Wildman–Crippen LogP) is 1.35. The molecule has 2 aromatic rings. The second-order valence-electron chi connectivity index (χ2n) is 5.66. The van der Waals surface area contributed by atoms with Gasteiger partial charge in [0.15, 0.2) is 16.9 Å². The van der Waals surface area contributed by atoms with Crippen LogP contribution in [0.3, 0.4) is 0 Å². The summed E-state index contributed by atoms with van der Waals surface area (Å²) >= 11 is 7.72. The number of nitrogens with two attached hydrogens (primary N) is 1. The van der Waals surface area contributed by atoms with Crippen molar-refractivity contribution in [1.29, 1.82) is 0 Å².